The molecule has 4 heteroatoms. The normalized spacial score (nSPS) is 11.1. The first-order valence-electron chi connectivity index (χ1n) is 5.88. The fourth-order valence-electron chi connectivity index (χ4n) is 1.50. The molecule has 0 unspecified atom stereocenters. The Labute approximate surface area is 106 Å². The van der Waals surface area contributed by atoms with Gasteiger partial charge in [0.05, 0.1) is 22.1 Å². The summed E-state index contributed by atoms with van der Waals surface area (Å²) >= 11 is 1.74. The van der Waals surface area contributed by atoms with E-state index in [1.54, 1.807) is 11.3 Å². The smallest absolute Gasteiger partial charge is 0.0932 e. The van der Waals surface area contributed by atoms with Crippen molar-refractivity contribution in [2.45, 2.75) is 39.5 Å². The summed E-state index contributed by atoms with van der Waals surface area (Å²) in [6, 6.07) is 4.04. The first kappa shape index (κ1) is 12.2. The molecule has 90 valence electrons. The molecule has 0 saturated heterocycles. The molecule has 2 aromatic rings. The maximum Gasteiger partial charge on any atom is 0.0932 e. The van der Waals surface area contributed by atoms with Crippen LogP contribution in [0.2, 0.25) is 0 Å². The van der Waals surface area contributed by atoms with Crippen molar-refractivity contribution in [3.63, 3.8) is 0 Å². The van der Waals surface area contributed by atoms with Gasteiger partial charge < -0.3 is 0 Å². The quantitative estimate of drug-likeness (QED) is 0.833. The molecular formula is C13H17N3S. The van der Waals surface area contributed by atoms with Gasteiger partial charge in [0.2, 0.25) is 0 Å². The molecule has 0 aliphatic heterocycles. The summed E-state index contributed by atoms with van der Waals surface area (Å²) in [5, 5.41) is 11.6. The number of nitrogens with zero attached hydrogens (tertiary/aromatic N) is 3. The van der Waals surface area contributed by atoms with E-state index in [2.05, 4.69) is 34.4 Å². The first-order chi connectivity index (χ1) is 8.15. The second-order valence-corrected chi connectivity index (χ2v) is 5.43. The molecule has 0 saturated carbocycles. The Morgan fingerprint density at radius 3 is 2.59 bits per heavy atom. The summed E-state index contributed by atoms with van der Waals surface area (Å²) in [6.07, 6.45) is 1.87. The van der Waals surface area contributed by atoms with Crippen LogP contribution in [-0.4, -0.2) is 15.2 Å². The lowest BCUT2D eigenvalue weighted by Crippen LogP contribution is -1.97. The SMILES string of the molecule is Cc1ccc(CCc2nc(C(C)C)cs2)nn1. The highest BCUT2D eigenvalue weighted by Gasteiger charge is 2.06. The van der Waals surface area contributed by atoms with Gasteiger partial charge in [-0.25, -0.2) is 4.98 Å². The zero-order valence-electron chi connectivity index (χ0n) is 10.5. The minimum absolute atomic E-state index is 0.513. The van der Waals surface area contributed by atoms with Gasteiger partial charge in [0.1, 0.15) is 0 Å². The number of aromatic nitrogens is 3. The van der Waals surface area contributed by atoms with E-state index in [0.29, 0.717) is 5.92 Å². The largest absolute Gasteiger partial charge is 0.246 e. The van der Waals surface area contributed by atoms with E-state index in [-0.39, 0.29) is 0 Å². The minimum atomic E-state index is 0.513. The average molecular weight is 247 g/mol. The molecular weight excluding hydrogens is 230 g/mol. The van der Waals surface area contributed by atoms with Crippen LogP contribution in [0.4, 0.5) is 0 Å². The highest BCUT2D eigenvalue weighted by Crippen LogP contribution is 2.18. The van der Waals surface area contributed by atoms with Crippen LogP contribution in [0.5, 0.6) is 0 Å². The highest BCUT2D eigenvalue weighted by atomic mass is 32.1. The van der Waals surface area contributed by atoms with Crippen LogP contribution in [0.3, 0.4) is 0 Å². The van der Waals surface area contributed by atoms with E-state index >= 15 is 0 Å². The van der Waals surface area contributed by atoms with E-state index < -0.39 is 0 Å². The Balaban J connectivity index is 1.95. The van der Waals surface area contributed by atoms with Crippen molar-refractivity contribution in [3.05, 3.63) is 39.6 Å². The Morgan fingerprint density at radius 2 is 2.00 bits per heavy atom. The van der Waals surface area contributed by atoms with Crippen molar-refractivity contribution < 1.29 is 0 Å². The van der Waals surface area contributed by atoms with E-state index in [4.69, 9.17) is 0 Å². The van der Waals surface area contributed by atoms with Crippen molar-refractivity contribution in [1.29, 1.82) is 0 Å². The third kappa shape index (κ3) is 3.33. The second kappa shape index (κ2) is 5.36. The number of aryl methyl sites for hydroxylation is 3. The average Bonchev–Trinajstić information content (AvgIpc) is 2.77. The predicted octanol–water partition coefficient (Wildman–Crippen LogP) is 3.15. The van der Waals surface area contributed by atoms with Gasteiger partial charge in [-0.3, -0.25) is 0 Å². The van der Waals surface area contributed by atoms with Crippen LogP contribution < -0.4 is 0 Å². The van der Waals surface area contributed by atoms with Crippen LogP contribution >= 0.6 is 11.3 Å². The summed E-state index contributed by atoms with van der Waals surface area (Å²) in [5.41, 5.74) is 3.20. The van der Waals surface area contributed by atoms with Crippen molar-refractivity contribution >= 4 is 11.3 Å². The molecule has 0 aliphatic rings. The van der Waals surface area contributed by atoms with Gasteiger partial charge in [-0.15, -0.1) is 11.3 Å². The number of thiazole rings is 1. The number of hydrogen-bond donors (Lipinski definition) is 0. The molecule has 0 N–H and O–H groups in total. The highest BCUT2D eigenvalue weighted by molar-refractivity contribution is 7.09. The molecule has 2 heterocycles. The minimum Gasteiger partial charge on any atom is -0.246 e. The van der Waals surface area contributed by atoms with Crippen molar-refractivity contribution in [1.82, 2.24) is 15.2 Å². The summed E-state index contributed by atoms with van der Waals surface area (Å²) in [7, 11) is 0. The van der Waals surface area contributed by atoms with E-state index in [0.717, 1.165) is 24.2 Å². The molecule has 0 spiro atoms. The standard InChI is InChI=1S/C13H17N3S/c1-9(2)12-8-17-13(14-12)7-6-11-5-4-10(3)15-16-11/h4-5,8-9H,6-7H2,1-3H3. The Kier molecular flexibility index (Phi) is 3.84. The molecule has 0 aliphatic carbocycles. The molecule has 0 aromatic carbocycles. The van der Waals surface area contributed by atoms with Crippen LogP contribution in [0, 0.1) is 6.92 Å². The maximum absolute atomic E-state index is 4.61. The molecule has 0 amide bonds. The molecule has 0 bridgehead atoms. The van der Waals surface area contributed by atoms with Crippen LogP contribution in [0.1, 0.15) is 41.9 Å². The maximum atomic E-state index is 4.61. The van der Waals surface area contributed by atoms with Gasteiger partial charge >= 0.3 is 0 Å². The lowest BCUT2D eigenvalue weighted by Gasteiger charge is -1.99. The van der Waals surface area contributed by atoms with Gasteiger partial charge in [-0.1, -0.05) is 13.8 Å². The van der Waals surface area contributed by atoms with Crippen LogP contribution in [0.25, 0.3) is 0 Å². The predicted molar refractivity (Wildman–Crippen MR) is 70.4 cm³/mol. The monoisotopic (exact) mass is 247 g/mol. The number of rotatable bonds is 4. The third-order valence-electron chi connectivity index (χ3n) is 2.61. The fraction of sp³-hybridized carbons (Fsp3) is 0.462. The molecule has 0 radical (unpaired) electrons. The molecule has 2 aromatic heterocycles. The molecule has 3 nitrogen and oxygen atoms in total. The fourth-order valence-corrected chi connectivity index (χ4v) is 2.46. The lowest BCUT2D eigenvalue weighted by molar-refractivity contribution is 0.804. The zero-order valence-corrected chi connectivity index (χ0v) is 11.3. The molecule has 0 atom stereocenters. The molecule has 0 fully saturated rings. The molecule has 17 heavy (non-hydrogen) atoms. The van der Waals surface area contributed by atoms with Crippen LogP contribution in [0.15, 0.2) is 17.5 Å². The number of hydrogen-bond acceptors (Lipinski definition) is 4. The Bertz CT molecular complexity index is 474. The van der Waals surface area contributed by atoms with Crippen molar-refractivity contribution in [3.8, 4) is 0 Å². The summed E-state index contributed by atoms with van der Waals surface area (Å²) in [5.74, 6) is 0.513. The third-order valence-corrected chi connectivity index (χ3v) is 3.54. The molecule has 2 rings (SSSR count). The Hall–Kier alpha value is -1.29. The second-order valence-electron chi connectivity index (χ2n) is 4.49. The van der Waals surface area contributed by atoms with Gasteiger partial charge in [0.15, 0.2) is 0 Å². The van der Waals surface area contributed by atoms with Crippen molar-refractivity contribution in [2.24, 2.45) is 0 Å². The van der Waals surface area contributed by atoms with Gasteiger partial charge in [0, 0.05) is 11.8 Å². The lowest BCUT2D eigenvalue weighted by atomic mass is 10.2. The first-order valence-corrected chi connectivity index (χ1v) is 6.76. The van der Waals surface area contributed by atoms with Gasteiger partial charge in [-0.05, 0) is 31.4 Å². The van der Waals surface area contributed by atoms with E-state index in [1.165, 1.54) is 10.7 Å². The zero-order chi connectivity index (χ0) is 12.3. The summed E-state index contributed by atoms with van der Waals surface area (Å²) in [4.78, 5) is 4.61. The Morgan fingerprint density at radius 1 is 1.18 bits per heavy atom. The van der Waals surface area contributed by atoms with Crippen LogP contribution in [-0.2, 0) is 12.8 Å². The van der Waals surface area contributed by atoms with Crippen molar-refractivity contribution in [2.75, 3.05) is 0 Å². The van der Waals surface area contributed by atoms with Gasteiger partial charge in [-0.2, -0.15) is 10.2 Å². The topological polar surface area (TPSA) is 38.7 Å². The van der Waals surface area contributed by atoms with E-state index in [9.17, 15) is 0 Å². The summed E-state index contributed by atoms with van der Waals surface area (Å²) in [6.45, 7) is 6.29. The van der Waals surface area contributed by atoms with E-state index in [1.807, 2.05) is 19.1 Å². The van der Waals surface area contributed by atoms with Gasteiger partial charge in [0.25, 0.3) is 0 Å². The summed E-state index contributed by atoms with van der Waals surface area (Å²) < 4.78 is 0.